The fourth-order valence-electron chi connectivity index (χ4n) is 5.24. The lowest BCUT2D eigenvalue weighted by atomic mass is 9.82. The highest BCUT2D eigenvalue weighted by molar-refractivity contribution is 6.09. The minimum absolute atomic E-state index is 0.118. The molecule has 0 radical (unpaired) electrons. The molecule has 4 rings (SSSR count). The number of nitrogens with zero attached hydrogens (tertiary/aromatic N) is 2. The van der Waals surface area contributed by atoms with Crippen LogP contribution in [0.3, 0.4) is 0 Å². The lowest BCUT2D eigenvalue weighted by Crippen LogP contribution is -2.51. The molecular formula is C23H31N3O3. The van der Waals surface area contributed by atoms with Crippen molar-refractivity contribution in [1.29, 1.82) is 0 Å². The fourth-order valence-corrected chi connectivity index (χ4v) is 5.24. The van der Waals surface area contributed by atoms with Crippen LogP contribution in [-0.4, -0.2) is 52.3 Å². The maximum atomic E-state index is 13.2. The quantitative estimate of drug-likeness (QED) is 0.777. The van der Waals surface area contributed by atoms with Gasteiger partial charge in [0.2, 0.25) is 5.91 Å². The van der Waals surface area contributed by atoms with Crippen LogP contribution < -0.4 is 5.32 Å². The Labute approximate surface area is 172 Å². The van der Waals surface area contributed by atoms with Crippen molar-refractivity contribution < 1.29 is 14.4 Å². The molecule has 1 aromatic carbocycles. The molecule has 2 aliphatic carbocycles. The summed E-state index contributed by atoms with van der Waals surface area (Å²) in [5.74, 6) is -0.325. The molecular weight excluding hydrogens is 366 g/mol. The molecule has 1 aromatic rings. The minimum Gasteiger partial charge on any atom is -0.338 e. The third-order valence-electron chi connectivity index (χ3n) is 6.79. The van der Waals surface area contributed by atoms with E-state index in [9.17, 15) is 14.4 Å². The van der Waals surface area contributed by atoms with E-state index in [1.807, 2.05) is 11.0 Å². The predicted octanol–water partition coefficient (Wildman–Crippen LogP) is 3.04. The van der Waals surface area contributed by atoms with Crippen LogP contribution in [0.5, 0.6) is 0 Å². The van der Waals surface area contributed by atoms with Crippen molar-refractivity contribution in [2.75, 3.05) is 13.1 Å². The zero-order chi connectivity index (χ0) is 20.4. The van der Waals surface area contributed by atoms with E-state index in [-0.39, 0.29) is 24.4 Å². The monoisotopic (exact) mass is 397 g/mol. The molecule has 1 atom stereocenters. The molecule has 3 aliphatic rings. The molecule has 1 saturated carbocycles. The number of amides is 4. The largest absolute Gasteiger partial charge is 0.338 e. The standard InChI is InChI=1S/C23H31N3O3/c1-2-14-25(19-11-10-17-8-4-5-9-18(17)15-19)20(27)16-26-21(28)23(24-22(26)29)12-6-3-7-13-23/h4-5,8-9,19H,2-3,6-7,10-16H2,1H3,(H,24,29). The third-order valence-corrected chi connectivity index (χ3v) is 6.79. The Morgan fingerprint density at radius 1 is 1.17 bits per heavy atom. The molecule has 1 spiro atoms. The maximum Gasteiger partial charge on any atom is 0.325 e. The number of fused-ring (bicyclic) bond motifs is 1. The molecule has 156 valence electrons. The smallest absolute Gasteiger partial charge is 0.325 e. The van der Waals surface area contributed by atoms with Gasteiger partial charge in [0.05, 0.1) is 0 Å². The molecule has 29 heavy (non-hydrogen) atoms. The first-order valence-corrected chi connectivity index (χ1v) is 11.0. The van der Waals surface area contributed by atoms with E-state index in [1.165, 1.54) is 11.1 Å². The molecule has 6 heteroatoms. The fraction of sp³-hybridized carbons (Fsp3) is 0.609. The van der Waals surface area contributed by atoms with Crippen LogP contribution in [0.4, 0.5) is 4.79 Å². The van der Waals surface area contributed by atoms with Crippen molar-refractivity contribution in [2.45, 2.75) is 76.3 Å². The van der Waals surface area contributed by atoms with Gasteiger partial charge in [0.1, 0.15) is 12.1 Å². The predicted molar refractivity (Wildman–Crippen MR) is 110 cm³/mol. The summed E-state index contributed by atoms with van der Waals surface area (Å²) in [4.78, 5) is 41.8. The number of urea groups is 1. The zero-order valence-electron chi connectivity index (χ0n) is 17.3. The van der Waals surface area contributed by atoms with Crippen molar-refractivity contribution in [3.05, 3.63) is 35.4 Å². The number of hydrogen-bond donors (Lipinski definition) is 1. The molecule has 0 aromatic heterocycles. The summed E-state index contributed by atoms with van der Waals surface area (Å²) < 4.78 is 0. The molecule has 1 aliphatic heterocycles. The maximum absolute atomic E-state index is 13.2. The van der Waals surface area contributed by atoms with Crippen molar-refractivity contribution in [3.63, 3.8) is 0 Å². The van der Waals surface area contributed by atoms with Gasteiger partial charge in [-0.05, 0) is 49.7 Å². The first-order valence-electron chi connectivity index (χ1n) is 11.0. The van der Waals surface area contributed by atoms with Gasteiger partial charge in [-0.2, -0.15) is 0 Å². The topological polar surface area (TPSA) is 69.7 Å². The highest BCUT2D eigenvalue weighted by atomic mass is 16.2. The number of carbonyl (C=O) groups excluding carboxylic acids is 3. The highest BCUT2D eigenvalue weighted by Gasteiger charge is 2.51. The van der Waals surface area contributed by atoms with E-state index >= 15 is 0 Å². The first kappa shape index (κ1) is 19.9. The summed E-state index contributed by atoms with van der Waals surface area (Å²) in [6.45, 7) is 2.56. The average molecular weight is 398 g/mol. The first-order chi connectivity index (χ1) is 14.0. The van der Waals surface area contributed by atoms with E-state index in [0.29, 0.717) is 19.4 Å². The average Bonchev–Trinajstić information content (AvgIpc) is 2.96. The number of carbonyl (C=O) groups is 3. The highest BCUT2D eigenvalue weighted by Crippen LogP contribution is 2.34. The number of imide groups is 1. The Kier molecular flexibility index (Phi) is 5.61. The van der Waals surface area contributed by atoms with Crippen LogP contribution in [0.1, 0.15) is 63.0 Å². The summed E-state index contributed by atoms with van der Waals surface area (Å²) in [5.41, 5.74) is 1.89. The zero-order valence-corrected chi connectivity index (χ0v) is 17.3. The number of hydrogen-bond acceptors (Lipinski definition) is 3. The van der Waals surface area contributed by atoms with Gasteiger partial charge in [0.15, 0.2) is 0 Å². The molecule has 1 heterocycles. The van der Waals surface area contributed by atoms with Crippen LogP contribution >= 0.6 is 0 Å². The Balaban J connectivity index is 1.47. The summed E-state index contributed by atoms with van der Waals surface area (Å²) >= 11 is 0. The Bertz CT molecular complexity index is 800. The summed E-state index contributed by atoms with van der Waals surface area (Å²) in [5, 5.41) is 2.90. The van der Waals surface area contributed by atoms with Gasteiger partial charge < -0.3 is 10.2 Å². The van der Waals surface area contributed by atoms with E-state index in [2.05, 4.69) is 30.4 Å². The van der Waals surface area contributed by atoms with Gasteiger partial charge >= 0.3 is 6.03 Å². The molecule has 6 nitrogen and oxygen atoms in total. The van der Waals surface area contributed by atoms with Crippen molar-refractivity contribution in [1.82, 2.24) is 15.1 Å². The van der Waals surface area contributed by atoms with Crippen LogP contribution in [0.2, 0.25) is 0 Å². The molecule has 2 fully saturated rings. The van der Waals surface area contributed by atoms with E-state index < -0.39 is 11.6 Å². The Morgan fingerprint density at radius 2 is 1.90 bits per heavy atom. The van der Waals surface area contributed by atoms with Gasteiger partial charge in [0, 0.05) is 12.6 Å². The van der Waals surface area contributed by atoms with Gasteiger partial charge in [-0.15, -0.1) is 0 Å². The second-order valence-electron chi connectivity index (χ2n) is 8.72. The van der Waals surface area contributed by atoms with Gasteiger partial charge in [-0.25, -0.2) is 4.79 Å². The molecule has 1 N–H and O–H groups in total. The molecule has 4 amide bonds. The molecule has 0 bridgehead atoms. The number of rotatable bonds is 5. The minimum atomic E-state index is -0.769. The van der Waals surface area contributed by atoms with E-state index in [4.69, 9.17) is 0 Å². The van der Waals surface area contributed by atoms with Crippen LogP contribution in [0, 0.1) is 0 Å². The van der Waals surface area contributed by atoms with Crippen molar-refractivity contribution in [2.24, 2.45) is 0 Å². The van der Waals surface area contributed by atoms with Crippen molar-refractivity contribution in [3.8, 4) is 0 Å². The Hall–Kier alpha value is -2.37. The third kappa shape index (κ3) is 3.77. The van der Waals surface area contributed by atoms with Gasteiger partial charge in [0.25, 0.3) is 5.91 Å². The molecule has 1 saturated heterocycles. The SMILES string of the molecule is CCCN(C(=O)CN1C(=O)NC2(CCCCC2)C1=O)C1CCc2ccccc2C1. The Morgan fingerprint density at radius 3 is 2.62 bits per heavy atom. The summed E-state index contributed by atoms with van der Waals surface area (Å²) in [6.07, 6.45) is 7.92. The van der Waals surface area contributed by atoms with Crippen LogP contribution in [-0.2, 0) is 22.4 Å². The van der Waals surface area contributed by atoms with Crippen LogP contribution in [0.15, 0.2) is 24.3 Å². The van der Waals surface area contributed by atoms with Gasteiger partial charge in [-0.3, -0.25) is 14.5 Å². The second kappa shape index (κ2) is 8.17. The second-order valence-corrected chi connectivity index (χ2v) is 8.72. The normalized spacial score (nSPS) is 23.1. The van der Waals surface area contributed by atoms with E-state index in [0.717, 1.165) is 49.8 Å². The lowest BCUT2D eigenvalue weighted by molar-refractivity contribution is -0.141. The van der Waals surface area contributed by atoms with Crippen molar-refractivity contribution >= 4 is 17.8 Å². The molecule has 1 unspecified atom stereocenters. The summed E-state index contributed by atoms with van der Waals surface area (Å²) in [7, 11) is 0. The number of benzene rings is 1. The van der Waals surface area contributed by atoms with Crippen LogP contribution in [0.25, 0.3) is 0 Å². The number of aryl methyl sites for hydroxylation is 1. The summed E-state index contributed by atoms with van der Waals surface area (Å²) in [6, 6.07) is 8.13. The van der Waals surface area contributed by atoms with E-state index in [1.54, 1.807) is 0 Å². The lowest BCUT2D eigenvalue weighted by Gasteiger charge is -2.36. The number of nitrogens with one attached hydrogen (secondary N) is 1. The van der Waals surface area contributed by atoms with Gasteiger partial charge in [-0.1, -0.05) is 50.5 Å².